The molecule has 2 rings (SSSR count). The molecule has 0 saturated carbocycles. The van der Waals surface area contributed by atoms with Crippen molar-refractivity contribution in [1.29, 1.82) is 0 Å². The average Bonchev–Trinajstić information content (AvgIpc) is 2.87. The van der Waals surface area contributed by atoms with Crippen LogP contribution in [0.4, 0.5) is 0 Å². The van der Waals surface area contributed by atoms with Crippen LogP contribution in [0.3, 0.4) is 0 Å². The topological polar surface area (TPSA) is 0 Å². The van der Waals surface area contributed by atoms with Crippen LogP contribution in [0.1, 0.15) is 27.1 Å². The summed E-state index contributed by atoms with van der Waals surface area (Å²) in [6.45, 7) is 2.21. The average molecular weight is 287 g/mol. The standard InChI is InChI=1S/C11H11BrS2/c1-2-8-5-7-14-11(8)10(12)9-4-3-6-13-9/h3-7,10H,2H2,1H3. The monoisotopic (exact) mass is 286 g/mol. The van der Waals surface area contributed by atoms with Gasteiger partial charge in [-0.3, -0.25) is 0 Å². The van der Waals surface area contributed by atoms with Crippen LogP contribution in [-0.2, 0) is 6.42 Å². The Hall–Kier alpha value is -0.120. The van der Waals surface area contributed by atoms with E-state index in [1.165, 1.54) is 15.3 Å². The summed E-state index contributed by atoms with van der Waals surface area (Å²) in [7, 11) is 0. The van der Waals surface area contributed by atoms with Gasteiger partial charge in [0.2, 0.25) is 0 Å². The van der Waals surface area contributed by atoms with Crippen LogP contribution in [-0.4, -0.2) is 0 Å². The smallest absolute Gasteiger partial charge is 0.0833 e. The lowest BCUT2D eigenvalue weighted by Crippen LogP contribution is -1.90. The van der Waals surface area contributed by atoms with E-state index in [1.54, 1.807) is 0 Å². The molecule has 0 radical (unpaired) electrons. The first kappa shape index (κ1) is 10.4. The van der Waals surface area contributed by atoms with Crippen molar-refractivity contribution in [2.75, 3.05) is 0 Å². The second-order valence-electron chi connectivity index (χ2n) is 3.04. The van der Waals surface area contributed by atoms with Crippen LogP contribution in [0.2, 0.25) is 0 Å². The highest BCUT2D eigenvalue weighted by Crippen LogP contribution is 2.38. The zero-order chi connectivity index (χ0) is 9.97. The summed E-state index contributed by atoms with van der Waals surface area (Å²) in [5.41, 5.74) is 1.46. The lowest BCUT2D eigenvalue weighted by Gasteiger charge is -2.07. The molecule has 2 aromatic rings. The molecule has 0 bridgehead atoms. The molecule has 0 fully saturated rings. The van der Waals surface area contributed by atoms with Crippen LogP contribution >= 0.6 is 38.6 Å². The van der Waals surface area contributed by atoms with Gasteiger partial charge in [0, 0.05) is 9.75 Å². The number of hydrogen-bond donors (Lipinski definition) is 0. The molecule has 2 aromatic heterocycles. The molecule has 0 nitrogen and oxygen atoms in total. The van der Waals surface area contributed by atoms with Gasteiger partial charge in [0.15, 0.2) is 0 Å². The third-order valence-corrected chi connectivity index (χ3v) is 5.70. The van der Waals surface area contributed by atoms with Gasteiger partial charge in [0.05, 0.1) is 4.83 Å². The summed E-state index contributed by atoms with van der Waals surface area (Å²) in [5, 5.41) is 4.30. The molecule has 1 unspecified atom stereocenters. The van der Waals surface area contributed by atoms with Crippen molar-refractivity contribution in [3.05, 3.63) is 44.3 Å². The first-order valence-electron chi connectivity index (χ1n) is 4.56. The quantitative estimate of drug-likeness (QED) is 0.707. The van der Waals surface area contributed by atoms with Crippen LogP contribution in [0.25, 0.3) is 0 Å². The van der Waals surface area contributed by atoms with Crippen molar-refractivity contribution < 1.29 is 0 Å². The molecular weight excluding hydrogens is 276 g/mol. The van der Waals surface area contributed by atoms with Crippen LogP contribution in [0.5, 0.6) is 0 Å². The zero-order valence-electron chi connectivity index (χ0n) is 7.87. The number of rotatable bonds is 3. The minimum absolute atomic E-state index is 0.387. The maximum Gasteiger partial charge on any atom is 0.0833 e. The Kier molecular flexibility index (Phi) is 3.42. The predicted octanol–water partition coefficient (Wildman–Crippen LogP) is 4.86. The van der Waals surface area contributed by atoms with E-state index < -0.39 is 0 Å². The van der Waals surface area contributed by atoms with Crippen molar-refractivity contribution in [2.24, 2.45) is 0 Å². The minimum Gasteiger partial charge on any atom is -0.147 e. The lowest BCUT2D eigenvalue weighted by molar-refractivity contribution is 1.10. The normalized spacial score (nSPS) is 13.0. The Morgan fingerprint density at radius 3 is 2.79 bits per heavy atom. The predicted molar refractivity (Wildman–Crippen MR) is 68.8 cm³/mol. The molecule has 0 aliphatic heterocycles. The minimum atomic E-state index is 0.387. The Morgan fingerprint density at radius 1 is 1.29 bits per heavy atom. The highest BCUT2D eigenvalue weighted by atomic mass is 79.9. The molecule has 0 aliphatic carbocycles. The van der Waals surface area contributed by atoms with Gasteiger partial charge in [-0.15, -0.1) is 22.7 Å². The van der Waals surface area contributed by atoms with Gasteiger partial charge >= 0.3 is 0 Å². The van der Waals surface area contributed by atoms with Crippen LogP contribution < -0.4 is 0 Å². The van der Waals surface area contributed by atoms with Crippen molar-refractivity contribution in [1.82, 2.24) is 0 Å². The van der Waals surface area contributed by atoms with Gasteiger partial charge in [-0.2, -0.15) is 0 Å². The molecule has 0 aromatic carbocycles. The fourth-order valence-electron chi connectivity index (χ4n) is 1.43. The largest absolute Gasteiger partial charge is 0.147 e. The number of aryl methyl sites for hydroxylation is 1. The highest BCUT2D eigenvalue weighted by molar-refractivity contribution is 9.09. The van der Waals surface area contributed by atoms with Crippen molar-refractivity contribution >= 4 is 38.6 Å². The summed E-state index contributed by atoms with van der Waals surface area (Å²) in [4.78, 5) is 3.23. The van der Waals surface area contributed by atoms with Crippen molar-refractivity contribution in [2.45, 2.75) is 18.2 Å². The van der Waals surface area contributed by atoms with Gasteiger partial charge in [-0.25, -0.2) is 0 Å². The van der Waals surface area contributed by atoms with E-state index in [0.29, 0.717) is 4.83 Å². The molecule has 0 saturated heterocycles. The Labute approximate surface area is 101 Å². The van der Waals surface area contributed by atoms with E-state index in [2.05, 4.69) is 51.8 Å². The molecular formula is C11H11BrS2. The van der Waals surface area contributed by atoms with E-state index in [4.69, 9.17) is 0 Å². The fraction of sp³-hybridized carbons (Fsp3) is 0.273. The summed E-state index contributed by atoms with van der Waals surface area (Å²) < 4.78 is 0. The highest BCUT2D eigenvalue weighted by Gasteiger charge is 2.15. The van der Waals surface area contributed by atoms with Gasteiger partial charge in [-0.1, -0.05) is 28.9 Å². The Bertz CT molecular complexity index is 389. The Balaban J connectivity index is 2.31. The number of thiophene rings is 2. The molecule has 2 heterocycles. The second-order valence-corrected chi connectivity index (χ2v) is 5.88. The molecule has 0 N–H and O–H groups in total. The molecule has 74 valence electrons. The number of hydrogen-bond acceptors (Lipinski definition) is 2. The Morgan fingerprint density at radius 2 is 2.14 bits per heavy atom. The van der Waals surface area contributed by atoms with Crippen molar-refractivity contribution in [3.8, 4) is 0 Å². The van der Waals surface area contributed by atoms with Crippen molar-refractivity contribution in [3.63, 3.8) is 0 Å². The number of halogens is 1. The molecule has 0 amide bonds. The maximum atomic E-state index is 3.76. The second kappa shape index (κ2) is 4.60. The lowest BCUT2D eigenvalue weighted by atomic mass is 10.1. The van der Waals surface area contributed by atoms with E-state index in [1.807, 2.05) is 22.7 Å². The zero-order valence-corrected chi connectivity index (χ0v) is 11.1. The summed E-state index contributed by atoms with van der Waals surface area (Å²) >= 11 is 7.41. The van der Waals surface area contributed by atoms with E-state index in [0.717, 1.165) is 6.42 Å². The molecule has 0 spiro atoms. The third kappa shape index (κ3) is 1.95. The van der Waals surface area contributed by atoms with Crippen LogP contribution in [0.15, 0.2) is 29.0 Å². The van der Waals surface area contributed by atoms with Gasteiger partial charge in [-0.05, 0) is 34.9 Å². The van der Waals surface area contributed by atoms with Gasteiger partial charge in [0.25, 0.3) is 0 Å². The molecule has 1 atom stereocenters. The number of alkyl halides is 1. The van der Waals surface area contributed by atoms with Gasteiger partial charge in [0.1, 0.15) is 0 Å². The molecule has 3 heteroatoms. The van der Waals surface area contributed by atoms with Crippen LogP contribution in [0, 0.1) is 0 Å². The fourth-order valence-corrected chi connectivity index (χ4v) is 4.29. The SMILES string of the molecule is CCc1ccsc1C(Br)c1cccs1. The summed E-state index contributed by atoms with van der Waals surface area (Å²) in [6.07, 6.45) is 1.12. The third-order valence-electron chi connectivity index (χ3n) is 2.18. The summed E-state index contributed by atoms with van der Waals surface area (Å²) in [5.74, 6) is 0. The van der Waals surface area contributed by atoms with E-state index in [-0.39, 0.29) is 0 Å². The summed E-state index contributed by atoms with van der Waals surface area (Å²) in [6, 6.07) is 6.51. The van der Waals surface area contributed by atoms with Gasteiger partial charge < -0.3 is 0 Å². The van der Waals surface area contributed by atoms with E-state index >= 15 is 0 Å². The molecule has 0 aliphatic rings. The first-order chi connectivity index (χ1) is 6.83. The first-order valence-corrected chi connectivity index (χ1v) is 7.24. The maximum absolute atomic E-state index is 3.76. The molecule has 14 heavy (non-hydrogen) atoms. The van der Waals surface area contributed by atoms with E-state index in [9.17, 15) is 0 Å².